The van der Waals surface area contributed by atoms with Gasteiger partial charge in [-0.25, -0.2) is 0 Å². The first kappa shape index (κ1) is 23.1. The predicted molar refractivity (Wildman–Crippen MR) is 117 cm³/mol. The van der Waals surface area contributed by atoms with Crippen LogP contribution in [-0.4, -0.2) is 70.5 Å². The molecule has 2 aromatic heterocycles. The van der Waals surface area contributed by atoms with Crippen molar-refractivity contribution in [2.24, 2.45) is 7.05 Å². The summed E-state index contributed by atoms with van der Waals surface area (Å²) in [4.78, 5) is 30.6. The lowest BCUT2D eigenvalue weighted by atomic mass is 10.2. The third kappa shape index (κ3) is 5.45. The maximum absolute atomic E-state index is 12.9. The number of ether oxygens (including phenoxy) is 1. The van der Waals surface area contributed by atoms with E-state index < -0.39 is 6.36 Å². The van der Waals surface area contributed by atoms with Crippen LogP contribution in [-0.2, 0) is 11.8 Å². The second kappa shape index (κ2) is 9.02. The number of alkyl halides is 3. The van der Waals surface area contributed by atoms with Gasteiger partial charge in [-0.2, -0.15) is 5.10 Å². The van der Waals surface area contributed by atoms with Crippen LogP contribution in [0.5, 0.6) is 5.75 Å². The molecule has 176 valence electrons. The fraction of sp³-hybridized carbons (Fsp3) is 0.381. The van der Waals surface area contributed by atoms with Crippen LogP contribution < -0.4 is 10.1 Å². The molecule has 1 aromatic carbocycles. The third-order valence-corrected chi connectivity index (χ3v) is 6.50. The zero-order valence-corrected chi connectivity index (χ0v) is 18.8. The minimum atomic E-state index is -4.76. The van der Waals surface area contributed by atoms with Crippen molar-refractivity contribution < 1.29 is 27.5 Å². The number of nitrogens with one attached hydrogen (secondary N) is 1. The molecule has 3 heterocycles. The van der Waals surface area contributed by atoms with Crippen molar-refractivity contribution in [3.63, 3.8) is 0 Å². The molecule has 8 nitrogen and oxygen atoms in total. The van der Waals surface area contributed by atoms with Crippen LogP contribution in [0.4, 0.5) is 18.9 Å². The molecule has 1 fully saturated rings. The molecule has 0 aliphatic carbocycles. The van der Waals surface area contributed by atoms with Crippen LogP contribution in [0.2, 0.25) is 0 Å². The molecule has 2 amide bonds. The van der Waals surface area contributed by atoms with Gasteiger partial charge in [0.05, 0.1) is 17.1 Å². The molecule has 0 atom stereocenters. The lowest BCUT2D eigenvalue weighted by molar-refractivity contribution is -0.274. The van der Waals surface area contributed by atoms with Gasteiger partial charge in [0.25, 0.3) is 5.91 Å². The number of hydrogen-bond donors (Lipinski definition) is 1. The standard InChI is InChI=1S/C21H22F3N5O3S/c1-13-16-11-17(33-20(16)27(2)26-13)19(31)29-9-7-28(8-10-29)12-18(30)25-14-3-5-15(6-4-14)32-21(22,23)24/h3-6,11H,7-10,12H2,1-2H3,(H,25,30). The van der Waals surface area contributed by atoms with Gasteiger partial charge >= 0.3 is 6.36 Å². The summed E-state index contributed by atoms with van der Waals surface area (Å²) in [5.74, 6) is -0.668. The number of nitrogens with zero attached hydrogens (tertiary/aromatic N) is 4. The SMILES string of the molecule is Cc1nn(C)c2sc(C(=O)N3CCN(CC(=O)Nc4ccc(OC(F)(F)F)cc4)CC3)cc12. The Morgan fingerprint density at radius 2 is 1.82 bits per heavy atom. The number of fused-ring (bicyclic) bond motifs is 1. The number of anilines is 1. The minimum Gasteiger partial charge on any atom is -0.406 e. The summed E-state index contributed by atoms with van der Waals surface area (Å²) in [6, 6.07) is 6.85. The monoisotopic (exact) mass is 481 g/mol. The van der Waals surface area contributed by atoms with E-state index in [1.165, 1.54) is 23.5 Å². The first-order valence-electron chi connectivity index (χ1n) is 10.2. The molecule has 0 spiro atoms. The van der Waals surface area contributed by atoms with Gasteiger partial charge in [0, 0.05) is 44.3 Å². The van der Waals surface area contributed by atoms with E-state index >= 15 is 0 Å². The summed E-state index contributed by atoms with van der Waals surface area (Å²) < 4.78 is 42.3. The minimum absolute atomic E-state index is 0.0270. The molecule has 1 aliphatic heterocycles. The number of carbonyl (C=O) groups is 2. The molecule has 0 radical (unpaired) electrons. The van der Waals surface area contributed by atoms with Gasteiger partial charge in [0.2, 0.25) is 5.91 Å². The highest BCUT2D eigenvalue weighted by Crippen LogP contribution is 2.29. The van der Waals surface area contributed by atoms with E-state index in [2.05, 4.69) is 15.2 Å². The summed E-state index contributed by atoms with van der Waals surface area (Å²) in [5, 5.41) is 8.00. The van der Waals surface area contributed by atoms with Gasteiger partial charge < -0.3 is 15.0 Å². The Hall–Kier alpha value is -3.12. The average Bonchev–Trinajstić information content (AvgIpc) is 3.30. The summed E-state index contributed by atoms with van der Waals surface area (Å²) in [6.07, 6.45) is -4.76. The van der Waals surface area contributed by atoms with Gasteiger partial charge in [0.1, 0.15) is 10.6 Å². The van der Waals surface area contributed by atoms with E-state index in [1.54, 1.807) is 9.58 Å². The third-order valence-electron chi connectivity index (χ3n) is 5.31. The van der Waals surface area contributed by atoms with Crippen LogP contribution >= 0.6 is 11.3 Å². The second-order valence-corrected chi connectivity index (χ2v) is 8.76. The highest BCUT2D eigenvalue weighted by molar-refractivity contribution is 7.20. The molecule has 0 saturated carbocycles. The maximum Gasteiger partial charge on any atom is 0.573 e. The Labute approximate surface area is 191 Å². The maximum atomic E-state index is 12.9. The lowest BCUT2D eigenvalue weighted by Gasteiger charge is -2.34. The largest absolute Gasteiger partial charge is 0.573 e. The summed E-state index contributed by atoms with van der Waals surface area (Å²) in [6.45, 7) is 4.13. The van der Waals surface area contributed by atoms with Gasteiger partial charge in [-0.05, 0) is 37.3 Å². The number of carbonyl (C=O) groups excluding carboxylic acids is 2. The molecular formula is C21H22F3N5O3S. The van der Waals surface area contributed by atoms with Crippen molar-refractivity contribution in [2.75, 3.05) is 38.0 Å². The fourth-order valence-corrected chi connectivity index (χ4v) is 4.81. The molecule has 3 aromatic rings. The highest BCUT2D eigenvalue weighted by Gasteiger charge is 2.31. The van der Waals surface area contributed by atoms with Gasteiger partial charge in [-0.3, -0.25) is 19.2 Å². The van der Waals surface area contributed by atoms with Crippen LogP contribution in [0.3, 0.4) is 0 Å². The van der Waals surface area contributed by atoms with Crippen LogP contribution in [0, 0.1) is 6.92 Å². The molecular weight excluding hydrogens is 459 g/mol. The Morgan fingerprint density at radius 3 is 2.42 bits per heavy atom. The van der Waals surface area contributed by atoms with Crippen LogP contribution in [0.25, 0.3) is 10.2 Å². The number of thiophene rings is 1. The Balaban J connectivity index is 1.26. The van der Waals surface area contributed by atoms with E-state index in [4.69, 9.17) is 0 Å². The van der Waals surface area contributed by atoms with Crippen LogP contribution in [0.15, 0.2) is 30.3 Å². The number of rotatable bonds is 5. The van der Waals surface area contributed by atoms with Gasteiger partial charge in [0.15, 0.2) is 0 Å². The fourth-order valence-electron chi connectivity index (χ4n) is 3.72. The molecule has 12 heteroatoms. The van der Waals surface area contributed by atoms with Crippen molar-refractivity contribution in [1.82, 2.24) is 19.6 Å². The summed E-state index contributed by atoms with van der Waals surface area (Å²) in [7, 11) is 1.86. The summed E-state index contributed by atoms with van der Waals surface area (Å²) >= 11 is 1.42. The van der Waals surface area contributed by atoms with Crippen molar-refractivity contribution in [3.8, 4) is 5.75 Å². The summed E-state index contributed by atoms with van der Waals surface area (Å²) in [5.41, 5.74) is 1.26. The van der Waals surface area contributed by atoms with Gasteiger partial charge in [-0.1, -0.05) is 0 Å². The number of benzene rings is 1. The first-order valence-corrected chi connectivity index (χ1v) is 11.0. The number of halogens is 3. The molecule has 1 saturated heterocycles. The second-order valence-electron chi connectivity index (χ2n) is 7.73. The molecule has 0 unspecified atom stereocenters. The topological polar surface area (TPSA) is 79.7 Å². The van der Waals surface area contributed by atoms with Crippen molar-refractivity contribution >= 4 is 39.1 Å². The predicted octanol–water partition coefficient (Wildman–Crippen LogP) is 3.24. The van der Waals surface area contributed by atoms with Crippen molar-refractivity contribution in [2.45, 2.75) is 13.3 Å². The Bertz CT molecular complexity index is 1130. The van der Waals surface area contributed by atoms with Gasteiger partial charge in [-0.15, -0.1) is 24.5 Å². The normalized spacial score (nSPS) is 15.1. The lowest BCUT2D eigenvalue weighted by Crippen LogP contribution is -2.50. The highest BCUT2D eigenvalue weighted by atomic mass is 32.1. The number of amides is 2. The average molecular weight is 482 g/mol. The number of piperazine rings is 1. The van der Waals surface area contributed by atoms with Crippen molar-refractivity contribution in [3.05, 3.63) is 40.9 Å². The molecule has 4 rings (SSSR count). The van der Waals surface area contributed by atoms with E-state index in [0.717, 1.165) is 28.0 Å². The molecule has 1 N–H and O–H groups in total. The Morgan fingerprint density at radius 1 is 1.15 bits per heavy atom. The van der Waals surface area contributed by atoms with E-state index in [0.29, 0.717) is 36.7 Å². The van der Waals surface area contributed by atoms with Crippen molar-refractivity contribution in [1.29, 1.82) is 0 Å². The zero-order chi connectivity index (χ0) is 23.8. The van der Waals surface area contributed by atoms with Crippen LogP contribution in [0.1, 0.15) is 15.4 Å². The molecule has 1 aliphatic rings. The molecule has 0 bridgehead atoms. The van der Waals surface area contributed by atoms with E-state index in [9.17, 15) is 22.8 Å². The smallest absolute Gasteiger partial charge is 0.406 e. The zero-order valence-electron chi connectivity index (χ0n) is 18.0. The number of aryl methyl sites for hydroxylation is 2. The molecule has 33 heavy (non-hydrogen) atoms. The first-order chi connectivity index (χ1) is 15.6. The Kier molecular flexibility index (Phi) is 6.30. The quantitative estimate of drug-likeness (QED) is 0.605. The number of hydrogen-bond acceptors (Lipinski definition) is 6. The number of aromatic nitrogens is 2. The van der Waals surface area contributed by atoms with E-state index in [1.807, 2.05) is 24.9 Å². The van der Waals surface area contributed by atoms with E-state index in [-0.39, 0.29) is 24.1 Å².